The number of carbonyl (C=O) groups is 2. The first kappa shape index (κ1) is 24.8. The van der Waals surface area contributed by atoms with Gasteiger partial charge >= 0.3 is 5.97 Å². The predicted molar refractivity (Wildman–Crippen MR) is 122 cm³/mol. The summed E-state index contributed by atoms with van der Waals surface area (Å²) in [6, 6.07) is 9.87. The lowest BCUT2D eigenvalue weighted by Crippen LogP contribution is -2.24. The molecule has 34 heavy (non-hydrogen) atoms. The standard InChI is InChI=1S/C23H24ClN3O7/c1-30-17-11-15(12-18(31-2)21(17)32-3)23-27-26-19(34-23)13-33-20(28)5-4-10-25-22(29)14-6-8-16(24)9-7-14/h6-9,11-12H,4-5,10,13H2,1-3H3,(H,25,29). The minimum Gasteiger partial charge on any atom is -0.493 e. The molecule has 0 spiro atoms. The molecule has 1 aromatic heterocycles. The maximum absolute atomic E-state index is 12.0. The van der Waals surface area contributed by atoms with Crippen LogP contribution in [0.4, 0.5) is 0 Å². The molecular formula is C23H24ClN3O7. The maximum atomic E-state index is 12.0. The van der Waals surface area contributed by atoms with E-state index < -0.39 is 5.97 Å². The summed E-state index contributed by atoms with van der Waals surface area (Å²) in [4.78, 5) is 24.0. The summed E-state index contributed by atoms with van der Waals surface area (Å²) in [5.74, 6) is 0.955. The molecule has 0 radical (unpaired) electrons. The molecule has 0 aliphatic carbocycles. The number of nitrogens with zero attached hydrogens (tertiary/aromatic N) is 2. The third-order valence-electron chi connectivity index (χ3n) is 4.68. The van der Waals surface area contributed by atoms with E-state index in [-0.39, 0.29) is 30.7 Å². The molecule has 0 unspecified atom stereocenters. The van der Waals surface area contributed by atoms with Gasteiger partial charge in [0.1, 0.15) is 0 Å². The highest BCUT2D eigenvalue weighted by molar-refractivity contribution is 6.30. The minimum absolute atomic E-state index is 0.120. The molecule has 0 aliphatic rings. The molecule has 11 heteroatoms. The fourth-order valence-electron chi connectivity index (χ4n) is 2.99. The van der Waals surface area contributed by atoms with Crippen LogP contribution in [0, 0.1) is 0 Å². The van der Waals surface area contributed by atoms with Crippen molar-refractivity contribution in [3.63, 3.8) is 0 Å². The molecular weight excluding hydrogens is 466 g/mol. The highest BCUT2D eigenvalue weighted by Gasteiger charge is 2.18. The SMILES string of the molecule is COc1cc(-c2nnc(COC(=O)CCCNC(=O)c3ccc(Cl)cc3)o2)cc(OC)c1OC. The molecule has 180 valence electrons. The summed E-state index contributed by atoms with van der Waals surface area (Å²) in [5, 5.41) is 11.2. The number of hydrogen-bond acceptors (Lipinski definition) is 9. The highest BCUT2D eigenvalue weighted by atomic mass is 35.5. The molecule has 1 N–H and O–H groups in total. The summed E-state index contributed by atoms with van der Waals surface area (Å²) in [6.45, 7) is 0.149. The molecule has 10 nitrogen and oxygen atoms in total. The molecule has 1 heterocycles. The van der Waals surface area contributed by atoms with Crippen LogP contribution in [-0.4, -0.2) is 49.9 Å². The van der Waals surface area contributed by atoms with E-state index in [0.717, 1.165) is 0 Å². The van der Waals surface area contributed by atoms with Gasteiger partial charge in [-0.25, -0.2) is 0 Å². The average Bonchev–Trinajstić information content (AvgIpc) is 3.33. The molecule has 3 aromatic rings. The van der Waals surface area contributed by atoms with Crippen LogP contribution >= 0.6 is 11.6 Å². The summed E-state index contributed by atoms with van der Waals surface area (Å²) in [7, 11) is 4.51. The second-order valence-electron chi connectivity index (χ2n) is 6.94. The van der Waals surface area contributed by atoms with Gasteiger partial charge in [0.25, 0.3) is 11.8 Å². The fourth-order valence-corrected chi connectivity index (χ4v) is 3.11. The fraction of sp³-hybridized carbons (Fsp3) is 0.304. The number of amides is 1. The van der Waals surface area contributed by atoms with Crippen LogP contribution in [0.25, 0.3) is 11.5 Å². The zero-order chi connectivity index (χ0) is 24.5. The van der Waals surface area contributed by atoms with Crippen molar-refractivity contribution < 1.29 is 33.0 Å². The zero-order valence-corrected chi connectivity index (χ0v) is 19.7. The zero-order valence-electron chi connectivity index (χ0n) is 18.9. The van der Waals surface area contributed by atoms with Crippen molar-refractivity contribution in [2.75, 3.05) is 27.9 Å². The Labute approximate surface area is 201 Å². The van der Waals surface area contributed by atoms with E-state index in [4.69, 9.17) is 35.0 Å². The van der Waals surface area contributed by atoms with Crippen molar-refractivity contribution in [1.82, 2.24) is 15.5 Å². The molecule has 3 rings (SSSR count). The van der Waals surface area contributed by atoms with E-state index in [1.54, 1.807) is 36.4 Å². The Morgan fingerprint density at radius 1 is 1.00 bits per heavy atom. The van der Waals surface area contributed by atoms with E-state index in [9.17, 15) is 9.59 Å². The molecule has 0 bridgehead atoms. The number of esters is 1. The van der Waals surface area contributed by atoms with Crippen LogP contribution in [0.15, 0.2) is 40.8 Å². The highest BCUT2D eigenvalue weighted by Crippen LogP contribution is 2.40. The van der Waals surface area contributed by atoms with Gasteiger partial charge < -0.3 is 28.7 Å². The maximum Gasteiger partial charge on any atom is 0.306 e. The van der Waals surface area contributed by atoms with Crippen molar-refractivity contribution in [3.05, 3.63) is 52.9 Å². The van der Waals surface area contributed by atoms with Gasteiger partial charge in [0.15, 0.2) is 18.1 Å². The number of hydrogen-bond donors (Lipinski definition) is 1. The van der Waals surface area contributed by atoms with Crippen LogP contribution in [0.1, 0.15) is 29.1 Å². The number of rotatable bonds is 11. The number of aromatic nitrogens is 2. The Morgan fingerprint density at radius 2 is 1.68 bits per heavy atom. The lowest BCUT2D eigenvalue weighted by molar-refractivity contribution is -0.145. The topological polar surface area (TPSA) is 122 Å². The molecule has 0 fully saturated rings. The quantitative estimate of drug-likeness (QED) is 0.317. The monoisotopic (exact) mass is 489 g/mol. The van der Waals surface area contributed by atoms with Crippen molar-refractivity contribution in [2.45, 2.75) is 19.4 Å². The Hall–Kier alpha value is -3.79. The van der Waals surface area contributed by atoms with Gasteiger partial charge in [-0.3, -0.25) is 9.59 Å². The lowest BCUT2D eigenvalue weighted by Gasteiger charge is -2.12. The van der Waals surface area contributed by atoms with Crippen LogP contribution < -0.4 is 19.5 Å². The Balaban J connectivity index is 1.47. The normalized spacial score (nSPS) is 10.5. The Kier molecular flexibility index (Phi) is 8.69. The van der Waals surface area contributed by atoms with E-state index in [1.165, 1.54) is 21.3 Å². The Bertz CT molecular complexity index is 1110. The number of benzene rings is 2. The first-order valence-electron chi connectivity index (χ1n) is 10.3. The third kappa shape index (κ3) is 6.38. The molecule has 0 aliphatic heterocycles. The number of ether oxygens (including phenoxy) is 4. The molecule has 2 aromatic carbocycles. The van der Waals surface area contributed by atoms with Gasteiger partial charge in [0, 0.05) is 29.1 Å². The van der Waals surface area contributed by atoms with Gasteiger partial charge in [0.05, 0.1) is 21.3 Å². The smallest absolute Gasteiger partial charge is 0.306 e. The second kappa shape index (κ2) is 11.9. The number of carbonyl (C=O) groups excluding carboxylic acids is 2. The summed E-state index contributed by atoms with van der Waals surface area (Å²) in [6.07, 6.45) is 0.535. The third-order valence-corrected chi connectivity index (χ3v) is 4.94. The van der Waals surface area contributed by atoms with Crippen LogP contribution in [0.5, 0.6) is 17.2 Å². The van der Waals surface area contributed by atoms with E-state index >= 15 is 0 Å². The van der Waals surface area contributed by atoms with Crippen molar-refractivity contribution in [3.8, 4) is 28.7 Å². The van der Waals surface area contributed by atoms with Crippen molar-refractivity contribution in [1.29, 1.82) is 0 Å². The number of nitrogens with one attached hydrogen (secondary N) is 1. The lowest BCUT2D eigenvalue weighted by atomic mass is 10.2. The summed E-state index contributed by atoms with van der Waals surface area (Å²) in [5.41, 5.74) is 1.04. The van der Waals surface area contributed by atoms with E-state index in [2.05, 4.69) is 15.5 Å². The van der Waals surface area contributed by atoms with Gasteiger partial charge in [-0.1, -0.05) is 11.6 Å². The largest absolute Gasteiger partial charge is 0.493 e. The van der Waals surface area contributed by atoms with Crippen LogP contribution in [0.2, 0.25) is 5.02 Å². The molecule has 0 atom stereocenters. The van der Waals surface area contributed by atoms with E-state index in [1.807, 2.05) is 0 Å². The average molecular weight is 490 g/mol. The molecule has 0 saturated heterocycles. The number of halogens is 1. The van der Waals surface area contributed by atoms with Crippen LogP contribution in [0.3, 0.4) is 0 Å². The van der Waals surface area contributed by atoms with Crippen molar-refractivity contribution >= 4 is 23.5 Å². The molecule has 1 amide bonds. The Morgan fingerprint density at radius 3 is 2.29 bits per heavy atom. The minimum atomic E-state index is -0.451. The van der Waals surface area contributed by atoms with E-state index in [0.29, 0.717) is 46.4 Å². The van der Waals surface area contributed by atoms with Gasteiger partial charge in [-0.2, -0.15) is 0 Å². The van der Waals surface area contributed by atoms with Gasteiger partial charge in [-0.15, -0.1) is 10.2 Å². The number of methoxy groups -OCH3 is 3. The predicted octanol–water partition coefficient (Wildman–Crippen LogP) is 3.67. The summed E-state index contributed by atoms with van der Waals surface area (Å²) < 4.78 is 26.7. The first-order chi connectivity index (χ1) is 16.4. The van der Waals surface area contributed by atoms with Gasteiger partial charge in [-0.05, 0) is 42.8 Å². The van der Waals surface area contributed by atoms with Crippen LogP contribution in [-0.2, 0) is 16.1 Å². The molecule has 0 saturated carbocycles. The van der Waals surface area contributed by atoms with Crippen molar-refractivity contribution in [2.24, 2.45) is 0 Å². The van der Waals surface area contributed by atoms with Gasteiger partial charge in [0.2, 0.25) is 11.6 Å². The first-order valence-corrected chi connectivity index (χ1v) is 10.6. The summed E-state index contributed by atoms with van der Waals surface area (Å²) >= 11 is 5.81. The second-order valence-corrected chi connectivity index (χ2v) is 7.38.